The van der Waals surface area contributed by atoms with Gasteiger partial charge in [-0.3, -0.25) is 4.79 Å². The van der Waals surface area contributed by atoms with E-state index in [0.29, 0.717) is 13.0 Å². The topological polar surface area (TPSA) is 44.4 Å². The van der Waals surface area contributed by atoms with Crippen molar-refractivity contribution in [1.29, 1.82) is 0 Å². The van der Waals surface area contributed by atoms with Crippen molar-refractivity contribution in [1.82, 2.24) is 5.32 Å². The van der Waals surface area contributed by atoms with Crippen LogP contribution in [0, 0.1) is 0 Å². The fourth-order valence-electron chi connectivity index (χ4n) is 2.62. The minimum absolute atomic E-state index is 0.0709. The first kappa shape index (κ1) is 14.9. The molecule has 4 nitrogen and oxygen atoms in total. The molecule has 1 amide bonds. The molecule has 110 valence electrons. The first-order valence-electron chi connectivity index (χ1n) is 7.59. The number of hydrogen-bond donors (Lipinski definition) is 2. The van der Waals surface area contributed by atoms with Crippen molar-refractivity contribution in [2.45, 2.75) is 32.1 Å². The lowest BCUT2D eigenvalue weighted by atomic mass is 10.2. The van der Waals surface area contributed by atoms with Gasteiger partial charge in [0.05, 0.1) is 11.4 Å². The van der Waals surface area contributed by atoms with E-state index >= 15 is 0 Å². The van der Waals surface area contributed by atoms with Gasteiger partial charge in [-0.25, -0.2) is 0 Å². The highest BCUT2D eigenvalue weighted by Crippen LogP contribution is 2.27. The summed E-state index contributed by atoms with van der Waals surface area (Å²) < 4.78 is 0. The highest BCUT2D eigenvalue weighted by molar-refractivity contribution is 5.94. The van der Waals surface area contributed by atoms with Gasteiger partial charge in [-0.15, -0.1) is 0 Å². The fourth-order valence-corrected chi connectivity index (χ4v) is 2.62. The number of benzene rings is 1. The summed E-state index contributed by atoms with van der Waals surface area (Å²) >= 11 is 0. The van der Waals surface area contributed by atoms with Gasteiger partial charge >= 0.3 is 0 Å². The Morgan fingerprint density at radius 3 is 2.55 bits per heavy atom. The summed E-state index contributed by atoms with van der Waals surface area (Å²) in [6.07, 6.45) is 5.61. The molecule has 1 fully saturated rings. The molecule has 0 aromatic heterocycles. The second-order valence-corrected chi connectivity index (χ2v) is 5.32. The summed E-state index contributed by atoms with van der Waals surface area (Å²) in [6, 6.07) is 8.13. The SMILES string of the molecule is CNCCC(=O)Nc1ccccc1N1CCCCCC1. The lowest BCUT2D eigenvalue weighted by Crippen LogP contribution is -2.26. The zero-order valence-electron chi connectivity index (χ0n) is 12.3. The van der Waals surface area contributed by atoms with Crippen molar-refractivity contribution < 1.29 is 4.79 Å². The van der Waals surface area contributed by atoms with E-state index in [1.807, 2.05) is 25.2 Å². The maximum atomic E-state index is 11.9. The van der Waals surface area contributed by atoms with Gasteiger partial charge < -0.3 is 15.5 Å². The Balaban J connectivity index is 2.06. The van der Waals surface area contributed by atoms with E-state index < -0.39 is 0 Å². The van der Waals surface area contributed by atoms with E-state index in [9.17, 15) is 4.79 Å². The predicted molar refractivity (Wildman–Crippen MR) is 84.3 cm³/mol. The minimum atomic E-state index is 0.0709. The number of carbonyl (C=O) groups excluding carboxylic acids is 1. The fraction of sp³-hybridized carbons (Fsp3) is 0.562. The molecule has 1 saturated heterocycles. The van der Waals surface area contributed by atoms with Crippen molar-refractivity contribution >= 4 is 17.3 Å². The summed E-state index contributed by atoms with van der Waals surface area (Å²) in [5, 5.41) is 6.04. The average molecular weight is 275 g/mol. The van der Waals surface area contributed by atoms with E-state index in [0.717, 1.165) is 24.5 Å². The molecule has 1 aromatic carbocycles. The summed E-state index contributed by atoms with van der Waals surface area (Å²) in [5.41, 5.74) is 2.10. The predicted octanol–water partition coefficient (Wildman–Crippen LogP) is 2.62. The largest absolute Gasteiger partial charge is 0.370 e. The maximum Gasteiger partial charge on any atom is 0.225 e. The number of anilines is 2. The Hall–Kier alpha value is -1.55. The number of carbonyl (C=O) groups is 1. The van der Waals surface area contributed by atoms with Gasteiger partial charge in [0.25, 0.3) is 0 Å². The number of nitrogens with zero attached hydrogens (tertiary/aromatic N) is 1. The van der Waals surface area contributed by atoms with Crippen LogP contribution >= 0.6 is 0 Å². The van der Waals surface area contributed by atoms with Gasteiger partial charge in [0.2, 0.25) is 5.91 Å². The highest BCUT2D eigenvalue weighted by atomic mass is 16.1. The van der Waals surface area contributed by atoms with E-state index in [1.165, 1.54) is 25.7 Å². The zero-order valence-corrected chi connectivity index (χ0v) is 12.3. The maximum absolute atomic E-state index is 11.9. The Morgan fingerprint density at radius 2 is 1.85 bits per heavy atom. The molecule has 0 radical (unpaired) electrons. The first-order chi connectivity index (χ1) is 9.81. The molecular formula is C16H25N3O. The summed E-state index contributed by atoms with van der Waals surface area (Å²) in [6.45, 7) is 2.88. The molecule has 1 heterocycles. The molecule has 2 N–H and O–H groups in total. The van der Waals surface area contributed by atoms with Crippen LogP contribution in [-0.2, 0) is 4.79 Å². The van der Waals surface area contributed by atoms with E-state index in [4.69, 9.17) is 0 Å². The molecule has 1 aliphatic heterocycles. The van der Waals surface area contributed by atoms with Crippen molar-refractivity contribution in [2.24, 2.45) is 0 Å². The first-order valence-corrected chi connectivity index (χ1v) is 7.59. The average Bonchev–Trinajstić information content (AvgIpc) is 2.75. The minimum Gasteiger partial charge on any atom is -0.370 e. The van der Waals surface area contributed by atoms with E-state index in [1.54, 1.807) is 0 Å². The molecule has 2 rings (SSSR count). The number of nitrogens with one attached hydrogen (secondary N) is 2. The Morgan fingerprint density at radius 1 is 1.15 bits per heavy atom. The molecule has 20 heavy (non-hydrogen) atoms. The number of amides is 1. The Labute approximate surface area is 121 Å². The molecule has 1 aromatic rings. The third-order valence-electron chi connectivity index (χ3n) is 3.73. The smallest absolute Gasteiger partial charge is 0.225 e. The Bertz CT molecular complexity index is 425. The van der Waals surface area contributed by atoms with Crippen LogP contribution in [0.25, 0.3) is 0 Å². The second kappa shape index (κ2) is 7.90. The van der Waals surface area contributed by atoms with Crippen molar-refractivity contribution in [3.05, 3.63) is 24.3 Å². The summed E-state index contributed by atoms with van der Waals surface area (Å²) in [4.78, 5) is 14.3. The second-order valence-electron chi connectivity index (χ2n) is 5.32. The number of rotatable bonds is 5. The Kier molecular flexibility index (Phi) is 5.87. The van der Waals surface area contributed by atoms with Crippen LogP contribution in [0.15, 0.2) is 24.3 Å². The van der Waals surface area contributed by atoms with Crippen molar-refractivity contribution in [3.63, 3.8) is 0 Å². The molecule has 4 heteroatoms. The van der Waals surface area contributed by atoms with Gasteiger partial charge in [-0.05, 0) is 32.0 Å². The molecule has 0 saturated carbocycles. The third-order valence-corrected chi connectivity index (χ3v) is 3.73. The van der Waals surface area contributed by atoms with Gasteiger partial charge in [0, 0.05) is 26.1 Å². The van der Waals surface area contributed by atoms with Crippen LogP contribution in [0.2, 0.25) is 0 Å². The molecule has 0 unspecified atom stereocenters. The standard InChI is InChI=1S/C16H25N3O/c1-17-11-10-16(20)18-14-8-4-5-9-15(14)19-12-6-2-3-7-13-19/h4-5,8-9,17H,2-3,6-7,10-13H2,1H3,(H,18,20). The zero-order chi connectivity index (χ0) is 14.2. The highest BCUT2D eigenvalue weighted by Gasteiger charge is 2.14. The molecular weight excluding hydrogens is 250 g/mol. The van der Waals surface area contributed by atoms with E-state index in [-0.39, 0.29) is 5.91 Å². The molecule has 0 aliphatic carbocycles. The van der Waals surface area contributed by atoms with Crippen LogP contribution in [0.4, 0.5) is 11.4 Å². The monoisotopic (exact) mass is 275 g/mol. The van der Waals surface area contributed by atoms with Gasteiger partial charge in [-0.2, -0.15) is 0 Å². The number of para-hydroxylation sites is 2. The third kappa shape index (κ3) is 4.23. The van der Waals surface area contributed by atoms with Crippen LogP contribution in [0.1, 0.15) is 32.1 Å². The normalized spacial score (nSPS) is 15.8. The summed E-state index contributed by atoms with van der Waals surface area (Å²) in [7, 11) is 1.86. The van der Waals surface area contributed by atoms with Crippen LogP contribution < -0.4 is 15.5 Å². The van der Waals surface area contributed by atoms with E-state index in [2.05, 4.69) is 21.6 Å². The van der Waals surface area contributed by atoms with Gasteiger partial charge in [-0.1, -0.05) is 25.0 Å². The van der Waals surface area contributed by atoms with Crippen molar-refractivity contribution in [3.8, 4) is 0 Å². The molecule has 0 spiro atoms. The quantitative estimate of drug-likeness (QED) is 0.868. The van der Waals surface area contributed by atoms with Gasteiger partial charge in [0.1, 0.15) is 0 Å². The summed E-state index contributed by atoms with van der Waals surface area (Å²) in [5.74, 6) is 0.0709. The molecule has 0 atom stereocenters. The molecule has 1 aliphatic rings. The lowest BCUT2D eigenvalue weighted by molar-refractivity contribution is -0.116. The molecule has 0 bridgehead atoms. The van der Waals surface area contributed by atoms with Crippen molar-refractivity contribution in [2.75, 3.05) is 36.9 Å². The lowest BCUT2D eigenvalue weighted by Gasteiger charge is -2.25. The van der Waals surface area contributed by atoms with Crippen LogP contribution in [0.3, 0.4) is 0 Å². The van der Waals surface area contributed by atoms with Crippen LogP contribution in [-0.4, -0.2) is 32.6 Å². The van der Waals surface area contributed by atoms with Crippen LogP contribution in [0.5, 0.6) is 0 Å². The number of hydrogen-bond acceptors (Lipinski definition) is 3. The van der Waals surface area contributed by atoms with Gasteiger partial charge in [0.15, 0.2) is 0 Å².